The average Bonchev–Trinajstić information content (AvgIpc) is 2.34. The quantitative estimate of drug-likeness (QED) is 0.801. The van der Waals surface area contributed by atoms with Gasteiger partial charge in [-0.3, -0.25) is 4.79 Å². The number of carbonyl (C=O) groups excluding carboxylic acids is 1. The maximum atomic E-state index is 14.1. The van der Waals surface area contributed by atoms with Crippen molar-refractivity contribution in [3.05, 3.63) is 34.6 Å². The van der Waals surface area contributed by atoms with Gasteiger partial charge in [0.25, 0.3) is 0 Å². The summed E-state index contributed by atoms with van der Waals surface area (Å²) in [7, 11) is 0. The van der Waals surface area contributed by atoms with Crippen LogP contribution in [-0.4, -0.2) is 12.3 Å². The average molecular weight is 235 g/mol. The monoisotopic (exact) mass is 235 g/mol. The molecule has 1 saturated carbocycles. The second kappa shape index (κ2) is 4.96. The predicted octanol–water partition coefficient (Wildman–Crippen LogP) is 2.93. The first-order chi connectivity index (χ1) is 8.13. The van der Waals surface area contributed by atoms with Gasteiger partial charge in [-0.1, -0.05) is 12.1 Å². The second-order valence-electron chi connectivity index (χ2n) is 4.93. The molecule has 0 aliphatic heterocycles. The smallest absolute Gasteiger partial charge is 0.150 e. The first kappa shape index (κ1) is 12.2. The van der Waals surface area contributed by atoms with Gasteiger partial charge >= 0.3 is 0 Å². The van der Waals surface area contributed by atoms with E-state index in [1.54, 1.807) is 19.1 Å². The van der Waals surface area contributed by atoms with Gasteiger partial charge in [0.2, 0.25) is 0 Å². The topological polar surface area (TPSA) is 43.1 Å². The highest BCUT2D eigenvalue weighted by Crippen LogP contribution is 2.35. The minimum Gasteiger partial charge on any atom is -0.328 e. The highest BCUT2D eigenvalue weighted by molar-refractivity contribution is 5.78. The molecule has 1 aromatic carbocycles. The van der Waals surface area contributed by atoms with Crippen molar-refractivity contribution >= 4 is 6.29 Å². The Balaban J connectivity index is 2.36. The fourth-order valence-electron chi connectivity index (χ4n) is 2.64. The lowest BCUT2D eigenvalue weighted by atomic mass is 9.79. The molecule has 1 fully saturated rings. The van der Waals surface area contributed by atoms with E-state index in [1.807, 2.05) is 0 Å². The highest BCUT2D eigenvalue weighted by Gasteiger charge is 2.25. The van der Waals surface area contributed by atoms with E-state index in [0.29, 0.717) is 16.7 Å². The molecule has 1 aliphatic carbocycles. The van der Waals surface area contributed by atoms with Crippen LogP contribution >= 0.6 is 0 Å². The summed E-state index contributed by atoms with van der Waals surface area (Å²) in [6.07, 6.45) is 4.34. The maximum absolute atomic E-state index is 14.1. The summed E-state index contributed by atoms with van der Waals surface area (Å²) in [5.41, 5.74) is 7.56. The number of hydrogen-bond acceptors (Lipinski definition) is 2. The molecule has 0 atom stereocenters. The van der Waals surface area contributed by atoms with Crippen LogP contribution in [0.1, 0.15) is 53.1 Å². The van der Waals surface area contributed by atoms with Crippen molar-refractivity contribution in [1.29, 1.82) is 0 Å². The van der Waals surface area contributed by atoms with Gasteiger partial charge < -0.3 is 5.73 Å². The van der Waals surface area contributed by atoms with Crippen LogP contribution in [0.3, 0.4) is 0 Å². The van der Waals surface area contributed by atoms with Crippen LogP contribution in [-0.2, 0) is 0 Å². The molecule has 2 rings (SSSR count). The number of benzene rings is 1. The number of rotatable bonds is 2. The molecule has 0 heterocycles. The van der Waals surface area contributed by atoms with Crippen LogP contribution in [0.5, 0.6) is 0 Å². The highest BCUT2D eigenvalue weighted by atomic mass is 19.1. The zero-order valence-corrected chi connectivity index (χ0v) is 10.1. The molecule has 0 saturated heterocycles. The summed E-state index contributed by atoms with van der Waals surface area (Å²) in [6, 6.07) is 3.62. The van der Waals surface area contributed by atoms with E-state index < -0.39 is 0 Å². The number of aryl methyl sites for hydroxylation is 1. The van der Waals surface area contributed by atoms with Crippen LogP contribution in [0, 0.1) is 12.7 Å². The van der Waals surface area contributed by atoms with E-state index in [-0.39, 0.29) is 17.8 Å². The lowest BCUT2D eigenvalue weighted by molar-refractivity contribution is 0.112. The number of nitrogens with two attached hydrogens (primary N) is 1. The fourth-order valence-corrected chi connectivity index (χ4v) is 2.64. The van der Waals surface area contributed by atoms with Gasteiger partial charge in [0.05, 0.1) is 0 Å². The van der Waals surface area contributed by atoms with Gasteiger partial charge in [0.1, 0.15) is 12.1 Å². The van der Waals surface area contributed by atoms with E-state index in [1.165, 1.54) is 0 Å². The van der Waals surface area contributed by atoms with Gasteiger partial charge in [-0.2, -0.15) is 0 Å². The maximum Gasteiger partial charge on any atom is 0.150 e. The Labute approximate surface area is 101 Å². The first-order valence-corrected chi connectivity index (χ1v) is 6.13. The van der Waals surface area contributed by atoms with Gasteiger partial charge in [-0.05, 0) is 44.1 Å². The van der Waals surface area contributed by atoms with Crippen LogP contribution < -0.4 is 5.73 Å². The summed E-state index contributed by atoms with van der Waals surface area (Å²) in [4.78, 5) is 11.0. The van der Waals surface area contributed by atoms with Gasteiger partial charge in [0, 0.05) is 17.2 Å². The van der Waals surface area contributed by atoms with E-state index in [9.17, 15) is 9.18 Å². The van der Waals surface area contributed by atoms with E-state index in [4.69, 9.17) is 5.73 Å². The Hall–Kier alpha value is -1.22. The molecule has 0 aromatic heterocycles. The Morgan fingerprint density at radius 3 is 2.53 bits per heavy atom. The summed E-state index contributed by atoms with van der Waals surface area (Å²) < 4.78 is 14.1. The van der Waals surface area contributed by atoms with E-state index in [0.717, 1.165) is 32.0 Å². The molecular weight excluding hydrogens is 217 g/mol. The van der Waals surface area contributed by atoms with Crippen LogP contribution in [0.2, 0.25) is 0 Å². The Morgan fingerprint density at radius 1 is 1.29 bits per heavy atom. The molecule has 2 nitrogen and oxygen atoms in total. The third-order valence-corrected chi connectivity index (χ3v) is 3.71. The SMILES string of the molecule is Cc1ccc(C=O)c(C2CCC(N)CC2)c1F. The van der Waals surface area contributed by atoms with Crippen LogP contribution in [0.4, 0.5) is 4.39 Å². The molecule has 0 bridgehead atoms. The molecule has 1 aromatic rings. The number of aldehydes is 1. The molecule has 17 heavy (non-hydrogen) atoms. The van der Waals surface area contributed by atoms with Crippen molar-refractivity contribution in [1.82, 2.24) is 0 Å². The molecular formula is C14H18FNO. The summed E-state index contributed by atoms with van der Waals surface area (Å²) in [6.45, 7) is 1.74. The molecule has 0 spiro atoms. The minimum atomic E-state index is -0.213. The lowest BCUT2D eigenvalue weighted by Crippen LogP contribution is -2.26. The van der Waals surface area contributed by atoms with Crippen molar-refractivity contribution < 1.29 is 9.18 Å². The molecule has 0 unspecified atom stereocenters. The molecule has 1 aliphatic rings. The predicted molar refractivity (Wildman–Crippen MR) is 65.7 cm³/mol. The van der Waals surface area contributed by atoms with Crippen molar-refractivity contribution in [2.75, 3.05) is 0 Å². The van der Waals surface area contributed by atoms with Gasteiger partial charge in [0.15, 0.2) is 0 Å². The van der Waals surface area contributed by atoms with Gasteiger partial charge in [-0.15, -0.1) is 0 Å². The molecule has 0 radical (unpaired) electrons. The van der Waals surface area contributed by atoms with Crippen LogP contribution in [0.15, 0.2) is 12.1 Å². The summed E-state index contributed by atoms with van der Waals surface area (Å²) >= 11 is 0. The first-order valence-electron chi connectivity index (χ1n) is 6.13. The molecule has 92 valence electrons. The standard InChI is InChI=1S/C14H18FNO/c1-9-2-3-11(8-17)13(14(9)15)10-4-6-12(16)7-5-10/h2-3,8,10,12H,4-7,16H2,1H3. The van der Waals surface area contributed by atoms with Crippen molar-refractivity contribution in [2.45, 2.75) is 44.6 Å². The fraction of sp³-hybridized carbons (Fsp3) is 0.500. The summed E-state index contributed by atoms with van der Waals surface area (Å²) in [5.74, 6) is -0.0648. The Bertz CT molecular complexity index is 422. The normalized spacial score (nSPS) is 24.6. The summed E-state index contributed by atoms with van der Waals surface area (Å²) in [5, 5.41) is 0. The molecule has 3 heteroatoms. The van der Waals surface area contributed by atoms with Gasteiger partial charge in [-0.25, -0.2) is 4.39 Å². The minimum absolute atomic E-state index is 0.148. The Morgan fingerprint density at radius 2 is 1.94 bits per heavy atom. The third kappa shape index (κ3) is 2.39. The van der Waals surface area contributed by atoms with Crippen LogP contribution in [0.25, 0.3) is 0 Å². The van der Waals surface area contributed by atoms with Crippen molar-refractivity contribution in [2.24, 2.45) is 5.73 Å². The largest absolute Gasteiger partial charge is 0.328 e. The lowest BCUT2D eigenvalue weighted by Gasteiger charge is -2.27. The van der Waals surface area contributed by atoms with Crippen molar-refractivity contribution in [3.8, 4) is 0 Å². The zero-order valence-electron chi connectivity index (χ0n) is 10.1. The van der Waals surface area contributed by atoms with Crippen molar-refractivity contribution in [3.63, 3.8) is 0 Å². The third-order valence-electron chi connectivity index (χ3n) is 3.71. The van der Waals surface area contributed by atoms with E-state index >= 15 is 0 Å². The zero-order chi connectivity index (χ0) is 12.4. The Kier molecular flexibility index (Phi) is 3.57. The second-order valence-corrected chi connectivity index (χ2v) is 4.93. The molecule has 2 N–H and O–H groups in total. The van der Waals surface area contributed by atoms with E-state index in [2.05, 4.69) is 0 Å². The number of halogens is 1. The number of carbonyl (C=O) groups is 1. The number of hydrogen-bond donors (Lipinski definition) is 1. The molecule has 0 amide bonds.